The number of para-hydroxylation sites is 1. The van der Waals surface area contributed by atoms with Gasteiger partial charge in [-0.1, -0.05) is 48.5 Å². The van der Waals surface area contributed by atoms with Crippen LogP contribution in [0.3, 0.4) is 0 Å². The summed E-state index contributed by atoms with van der Waals surface area (Å²) >= 11 is 0. The minimum atomic E-state index is -0.177. The van der Waals surface area contributed by atoms with Crippen molar-refractivity contribution in [2.75, 3.05) is 38.2 Å². The molecule has 26 heavy (non-hydrogen) atoms. The zero-order valence-electron chi connectivity index (χ0n) is 15.9. The van der Waals surface area contributed by atoms with Gasteiger partial charge in [-0.05, 0) is 31.0 Å². The standard InChI is InChI=1S/C21H29N3O2/c1-4-24(19-13-9-8-10-17(19)2)15-14-22-21(25)23-16-20(26-3)18-11-6-5-7-12-18/h5-13,20H,4,14-16H2,1-3H3,(H2,22,23,25). The van der Waals surface area contributed by atoms with E-state index in [1.165, 1.54) is 11.3 Å². The number of aryl methyl sites for hydroxylation is 1. The number of urea groups is 1. The van der Waals surface area contributed by atoms with Crippen LogP contribution in [0.2, 0.25) is 0 Å². The van der Waals surface area contributed by atoms with E-state index in [0.29, 0.717) is 13.1 Å². The Hall–Kier alpha value is -2.53. The number of carbonyl (C=O) groups is 1. The summed E-state index contributed by atoms with van der Waals surface area (Å²) in [5, 5.41) is 5.80. The first kappa shape index (κ1) is 19.8. The molecule has 1 unspecified atom stereocenters. The number of hydrogen-bond donors (Lipinski definition) is 2. The predicted octanol–water partition coefficient (Wildman–Crippen LogP) is 3.51. The number of anilines is 1. The molecule has 0 aliphatic heterocycles. The molecule has 0 fully saturated rings. The molecule has 0 aromatic heterocycles. The minimum Gasteiger partial charge on any atom is -0.375 e. The molecule has 0 aliphatic carbocycles. The number of nitrogens with one attached hydrogen (secondary N) is 2. The van der Waals surface area contributed by atoms with Crippen molar-refractivity contribution in [1.82, 2.24) is 10.6 Å². The largest absolute Gasteiger partial charge is 0.375 e. The smallest absolute Gasteiger partial charge is 0.314 e. The lowest BCUT2D eigenvalue weighted by atomic mass is 10.1. The molecule has 140 valence electrons. The molecule has 2 rings (SSSR count). The topological polar surface area (TPSA) is 53.6 Å². The first-order valence-electron chi connectivity index (χ1n) is 9.05. The molecule has 0 saturated carbocycles. The molecule has 2 aromatic carbocycles. The highest BCUT2D eigenvalue weighted by Gasteiger charge is 2.12. The average molecular weight is 355 g/mol. The third kappa shape index (κ3) is 5.77. The summed E-state index contributed by atoms with van der Waals surface area (Å²) in [6, 6.07) is 18.0. The molecule has 0 bridgehead atoms. The van der Waals surface area contributed by atoms with Gasteiger partial charge in [-0.15, -0.1) is 0 Å². The molecule has 0 radical (unpaired) electrons. The van der Waals surface area contributed by atoms with E-state index in [1.807, 2.05) is 42.5 Å². The molecular weight excluding hydrogens is 326 g/mol. The van der Waals surface area contributed by atoms with Crippen LogP contribution in [0.5, 0.6) is 0 Å². The number of rotatable bonds is 9. The van der Waals surface area contributed by atoms with Gasteiger partial charge in [0.1, 0.15) is 0 Å². The van der Waals surface area contributed by atoms with Gasteiger partial charge < -0.3 is 20.3 Å². The summed E-state index contributed by atoms with van der Waals surface area (Å²) in [5.41, 5.74) is 3.50. The molecule has 2 aromatic rings. The number of nitrogens with zero attached hydrogens (tertiary/aromatic N) is 1. The van der Waals surface area contributed by atoms with Crippen LogP contribution in [0.25, 0.3) is 0 Å². The fourth-order valence-electron chi connectivity index (χ4n) is 2.92. The fourth-order valence-corrected chi connectivity index (χ4v) is 2.92. The minimum absolute atomic E-state index is 0.152. The van der Waals surface area contributed by atoms with Crippen molar-refractivity contribution in [2.24, 2.45) is 0 Å². The Labute approximate surface area is 156 Å². The first-order chi connectivity index (χ1) is 12.7. The van der Waals surface area contributed by atoms with Crippen molar-refractivity contribution >= 4 is 11.7 Å². The third-order valence-corrected chi connectivity index (χ3v) is 4.41. The van der Waals surface area contributed by atoms with E-state index < -0.39 is 0 Å². The maximum absolute atomic E-state index is 12.1. The third-order valence-electron chi connectivity index (χ3n) is 4.41. The fraction of sp³-hybridized carbons (Fsp3) is 0.381. The number of hydrogen-bond acceptors (Lipinski definition) is 3. The number of methoxy groups -OCH3 is 1. The normalized spacial score (nSPS) is 11.7. The quantitative estimate of drug-likeness (QED) is 0.724. The van der Waals surface area contributed by atoms with E-state index in [9.17, 15) is 4.79 Å². The van der Waals surface area contributed by atoms with Crippen molar-refractivity contribution in [3.63, 3.8) is 0 Å². The van der Waals surface area contributed by atoms with Gasteiger partial charge in [0.25, 0.3) is 0 Å². The highest BCUT2D eigenvalue weighted by Crippen LogP contribution is 2.18. The van der Waals surface area contributed by atoms with Gasteiger partial charge in [-0.2, -0.15) is 0 Å². The molecule has 0 spiro atoms. The maximum atomic E-state index is 12.1. The van der Waals surface area contributed by atoms with E-state index in [0.717, 1.165) is 18.7 Å². The monoisotopic (exact) mass is 355 g/mol. The highest BCUT2D eigenvalue weighted by molar-refractivity contribution is 5.73. The molecule has 1 atom stereocenters. The van der Waals surface area contributed by atoms with Crippen LogP contribution in [-0.4, -0.2) is 39.3 Å². The Balaban J connectivity index is 1.77. The lowest BCUT2D eigenvalue weighted by Crippen LogP contribution is -2.42. The predicted molar refractivity (Wildman–Crippen MR) is 107 cm³/mol. The average Bonchev–Trinajstić information content (AvgIpc) is 2.67. The Morgan fingerprint density at radius 3 is 2.42 bits per heavy atom. The lowest BCUT2D eigenvalue weighted by molar-refractivity contribution is 0.104. The van der Waals surface area contributed by atoms with Gasteiger partial charge >= 0.3 is 6.03 Å². The van der Waals surface area contributed by atoms with Gasteiger partial charge in [-0.25, -0.2) is 4.79 Å². The van der Waals surface area contributed by atoms with Crippen molar-refractivity contribution < 1.29 is 9.53 Å². The molecule has 2 N–H and O–H groups in total. The molecule has 0 aliphatic rings. The summed E-state index contributed by atoms with van der Waals surface area (Å²) in [4.78, 5) is 14.3. The van der Waals surface area contributed by atoms with E-state index >= 15 is 0 Å². The van der Waals surface area contributed by atoms with Crippen LogP contribution in [0.4, 0.5) is 10.5 Å². The van der Waals surface area contributed by atoms with Crippen molar-refractivity contribution in [1.29, 1.82) is 0 Å². The molecule has 0 heterocycles. The maximum Gasteiger partial charge on any atom is 0.314 e. The van der Waals surface area contributed by atoms with Crippen LogP contribution in [0.1, 0.15) is 24.2 Å². The second-order valence-electron chi connectivity index (χ2n) is 6.14. The van der Waals surface area contributed by atoms with Crippen LogP contribution < -0.4 is 15.5 Å². The Kier molecular flexibility index (Phi) is 7.96. The molecule has 2 amide bonds. The van der Waals surface area contributed by atoms with Crippen LogP contribution in [-0.2, 0) is 4.74 Å². The number of ether oxygens (including phenoxy) is 1. The Bertz CT molecular complexity index is 676. The number of carbonyl (C=O) groups excluding carboxylic acids is 1. The van der Waals surface area contributed by atoms with Crippen molar-refractivity contribution in [3.05, 3.63) is 65.7 Å². The van der Waals surface area contributed by atoms with E-state index in [4.69, 9.17) is 4.74 Å². The zero-order chi connectivity index (χ0) is 18.8. The second-order valence-corrected chi connectivity index (χ2v) is 6.14. The second kappa shape index (κ2) is 10.5. The molecule has 0 saturated heterocycles. The summed E-state index contributed by atoms with van der Waals surface area (Å²) < 4.78 is 5.47. The lowest BCUT2D eigenvalue weighted by Gasteiger charge is -2.25. The number of benzene rings is 2. The molecule has 5 heteroatoms. The van der Waals surface area contributed by atoms with E-state index in [-0.39, 0.29) is 12.1 Å². The Morgan fingerprint density at radius 1 is 1.08 bits per heavy atom. The van der Waals surface area contributed by atoms with Gasteiger partial charge in [0.05, 0.1) is 6.10 Å². The summed E-state index contributed by atoms with van der Waals surface area (Å²) in [6.45, 7) is 6.90. The molecule has 5 nitrogen and oxygen atoms in total. The van der Waals surface area contributed by atoms with E-state index in [1.54, 1.807) is 7.11 Å². The highest BCUT2D eigenvalue weighted by atomic mass is 16.5. The SMILES string of the molecule is CCN(CCNC(=O)NCC(OC)c1ccccc1)c1ccccc1C. The summed E-state index contributed by atoms with van der Waals surface area (Å²) in [6.07, 6.45) is -0.152. The Morgan fingerprint density at radius 2 is 1.77 bits per heavy atom. The van der Waals surface area contributed by atoms with Crippen molar-refractivity contribution in [3.8, 4) is 0 Å². The van der Waals surface area contributed by atoms with Crippen molar-refractivity contribution in [2.45, 2.75) is 20.0 Å². The van der Waals surface area contributed by atoms with Crippen LogP contribution in [0, 0.1) is 6.92 Å². The molecular formula is C21H29N3O2. The summed E-state index contributed by atoms with van der Waals surface area (Å²) in [5.74, 6) is 0. The van der Waals surface area contributed by atoms with Gasteiger partial charge in [-0.3, -0.25) is 0 Å². The van der Waals surface area contributed by atoms with Gasteiger partial charge in [0, 0.05) is 39.0 Å². The number of likely N-dealkylation sites (N-methyl/N-ethyl adjacent to an activating group) is 1. The van der Waals surface area contributed by atoms with Gasteiger partial charge in [0.2, 0.25) is 0 Å². The van der Waals surface area contributed by atoms with Crippen LogP contribution >= 0.6 is 0 Å². The van der Waals surface area contributed by atoms with Gasteiger partial charge in [0.15, 0.2) is 0 Å². The summed E-state index contributed by atoms with van der Waals surface area (Å²) in [7, 11) is 1.65. The van der Waals surface area contributed by atoms with E-state index in [2.05, 4.69) is 41.5 Å². The number of amides is 2. The first-order valence-corrected chi connectivity index (χ1v) is 9.05. The van der Waals surface area contributed by atoms with Crippen LogP contribution in [0.15, 0.2) is 54.6 Å². The zero-order valence-corrected chi connectivity index (χ0v) is 15.9.